The third kappa shape index (κ3) is 2.96. The predicted molar refractivity (Wildman–Crippen MR) is 146 cm³/mol. The minimum absolute atomic E-state index is 1.09. The SMILES string of the molecule is C[Si](C)(C)[Si]1([Si](C)(C)C)[Si+][Si]([Si](C)(C)C)([Si](C)(C)C)[Si](C)(C)[Si]1(C)C. The largest absolute Gasteiger partial charge is 0.336 e. The summed E-state index contributed by atoms with van der Waals surface area (Å²) in [7, 11) is -5.04. The summed E-state index contributed by atoms with van der Waals surface area (Å²) in [6.45, 7) is 46.2. The van der Waals surface area contributed by atoms with Gasteiger partial charge in [-0.3, -0.25) is 0 Å². The average molecular weight is 493 g/mol. The third-order valence-electron chi connectivity index (χ3n) is 8.31. The topological polar surface area (TPSA) is 0 Å². The molecule has 1 saturated heterocycles. The van der Waals surface area contributed by atoms with Crippen molar-refractivity contribution in [3.05, 3.63) is 0 Å². The molecule has 1 rings (SSSR count). The molecule has 0 aromatic rings. The van der Waals surface area contributed by atoms with E-state index in [-0.39, 0.29) is 0 Å². The summed E-state index contributed by atoms with van der Waals surface area (Å²) in [5.41, 5.74) is 0. The van der Waals surface area contributed by atoms with Crippen LogP contribution in [0.4, 0.5) is 0 Å². The van der Waals surface area contributed by atoms with E-state index in [2.05, 4.69) is 105 Å². The van der Waals surface area contributed by atoms with Crippen LogP contribution in [0.5, 0.6) is 0 Å². The Balaban J connectivity index is 4.12. The summed E-state index contributed by atoms with van der Waals surface area (Å²) >= 11 is 0. The third-order valence-corrected chi connectivity index (χ3v) is 250. The fourth-order valence-electron chi connectivity index (χ4n) is 8.28. The Morgan fingerprint density at radius 1 is 0.400 bits per heavy atom. The van der Waals surface area contributed by atoms with Gasteiger partial charge in [-0.05, 0) is 0 Å². The highest BCUT2D eigenvalue weighted by molar-refractivity contribution is 8.34. The van der Waals surface area contributed by atoms with Crippen LogP contribution in [0.15, 0.2) is 0 Å². The highest BCUT2D eigenvalue weighted by atomic mass is 30.5. The number of hydrogen-bond donors (Lipinski definition) is 0. The van der Waals surface area contributed by atoms with Gasteiger partial charge in [0.25, 0.3) is 0 Å². The fourth-order valence-corrected chi connectivity index (χ4v) is 473. The molecule has 0 amide bonds. The van der Waals surface area contributed by atoms with Gasteiger partial charge < -0.3 is 0 Å². The van der Waals surface area contributed by atoms with Gasteiger partial charge in [0.15, 0.2) is 0 Å². The molecule has 0 bridgehead atoms. The molecule has 0 N–H and O–H groups in total. The molecule has 0 spiro atoms. The molecule has 1 radical (unpaired) electrons. The van der Waals surface area contributed by atoms with Crippen molar-refractivity contribution in [1.82, 2.24) is 0 Å². The van der Waals surface area contributed by atoms with Crippen LogP contribution in [0.1, 0.15) is 0 Å². The van der Waals surface area contributed by atoms with Gasteiger partial charge in [-0.1, -0.05) is 105 Å². The molecular formula is C16H48Si9+. The summed E-state index contributed by atoms with van der Waals surface area (Å²) in [6, 6.07) is 0. The maximum atomic E-state index is 3.00. The Labute approximate surface area is 169 Å². The van der Waals surface area contributed by atoms with Crippen LogP contribution < -0.4 is 0 Å². The lowest BCUT2D eigenvalue weighted by Gasteiger charge is -2.52. The second kappa shape index (κ2) is 6.22. The van der Waals surface area contributed by atoms with Crippen molar-refractivity contribution >= 4 is 65.4 Å². The molecule has 1 aliphatic rings. The van der Waals surface area contributed by atoms with Gasteiger partial charge in [-0.25, -0.2) is 0 Å². The average Bonchev–Trinajstić information content (AvgIpc) is 2.36. The van der Waals surface area contributed by atoms with Crippen LogP contribution in [-0.4, -0.2) is 65.4 Å². The van der Waals surface area contributed by atoms with Gasteiger partial charge in [-0.2, -0.15) is 0 Å². The van der Waals surface area contributed by atoms with Crippen LogP contribution in [0.3, 0.4) is 0 Å². The van der Waals surface area contributed by atoms with E-state index in [9.17, 15) is 0 Å². The minimum Gasteiger partial charge on any atom is -0.0712 e. The molecule has 1 fully saturated rings. The van der Waals surface area contributed by atoms with E-state index in [0.29, 0.717) is 0 Å². The molecule has 1 aliphatic heterocycles. The smallest absolute Gasteiger partial charge is 0.0712 e. The van der Waals surface area contributed by atoms with Gasteiger partial charge in [-0.15, -0.1) is 0 Å². The second-order valence-corrected chi connectivity index (χ2v) is 117. The standard InChI is InChI=1S/C16H48Si9/c1-18(2,3)24(19(4,5)6)17-25(20(7,8)9,21(10,11)12)23(15,16)22(24,13)14/h1-16H3/q+1. The number of hydrogen-bond acceptors (Lipinski definition) is 0. The lowest BCUT2D eigenvalue weighted by molar-refractivity contribution is 1.77. The van der Waals surface area contributed by atoms with E-state index in [1.54, 1.807) is 8.55 Å². The van der Waals surface area contributed by atoms with Crippen molar-refractivity contribution in [2.75, 3.05) is 0 Å². The van der Waals surface area contributed by atoms with Crippen LogP contribution in [0, 0.1) is 0 Å². The first-order valence-electron chi connectivity index (χ1n) is 10.2. The lowest BCUT2D eigenvalue weighted by Crippen LogP contribution is -2.87. The highest BCUT2D eigenvalue weighted by Gasteiger charge is 2.93. The molecule has 9 heteroatoms. The Morgan fingerprint density at radius 3 is 0.640 bits per heavy atom. The van der Waals surface area contributed by atoms with Crippen molar-refractivity contribution < 1.29 is 0 Å². The van der Waals surface area contributed by atoms with Gasteiger partial charge in [0.05, 0.1) is 44.6 Å². The van der Waals surface area contributed by atoms with Crippen LogP contribution >= 0.6 is 0 Å². The zero-order valence-electron chi connectivity index (χ0n) is 20.5. The summed E-state index contributed by atoms with van der Waals surface area (Å²) in [6.07, 6.45) is -2.23. The lowest BCUT2D eigenvalue weighted by atomic mass is 11.8. The van der Waals surface area contributed by atoms with Gasteiger partial charge in [0, 0.05) is 0 Å². The zero-order chi connectivity index (χ0) is 20.7. The van der Waals surface area contributed by atoms with Gasteiger partial charge in [0.2, 0.25) is 12.3 Å². The second-order valence-electron chi connectivity index (χ2n) is 13.9. The zero-order valence-corrected chi connectivity index (χ0v) is 29.5. The molecular weight excluding hydrogens is 445 g/mol. The maximum Gasteiger partial charge on any atom is 0.336 e. The first-order valence-corrected chi connectivity index (χ1v) is 44.2. The summed E-state index contributed by atoms with van der Waals surface area (Å²) < 4.78 is 0. The van der Waals surface area contributed by atoms with E-state index >= 15 is 0 Å². The molecule has 0 aromatic heterocycles. The Kier molecular flexibility index (Phi) is 6.22. The molecule has 0 atom stereocenters. The molecule has 25 heavy (non-hydrogen) atoms. The Hall–Kier alpha value is 1.95. The van der Waals surface area contributed by atoms with Crippen molar-refractivity contribution in [2.24, 2.45) is 0 Å². The molecule has 0 aliphatic carbocycles. The summed E-state index contributed by atoms with van der Waals surface area (Å²) in [4.78, 5) is 0. The predicted octanol–water partition coefficient (Wildman–Crippen LogP) is 5.91. The highest BCUT2D eigenvalue weighted by Crippen LogP contribution is 2.54. The van der Waals surface area contributed by atoms with Crippen molar-refractivity contribution in [2.45, 2.75) is 105 Å². The fraction of sp³-hybridized carbons (Fsp3) is 1.00. The molecule has 0 saturated carbocycles. The van der Waals surface area contributed by atoms with Crippen molar-refractivity contribution in [3.63, 3.8) is 0 Å². The van der Waals surface area contributed by atoms with E-state index in [1.807, 2.05) is 0 Å². The van der Waals surface area contributed by atoms with Gasteiger partial charge >= 0.3 is 8.55 Å². The van der Waals surface area contributed by atoms with E-state index < -0.39 is 56.9 Å². The first kappa shape index (κ1) is 25.0. The number of rotatable bonds is 4. The summed E-state index contributed by atoms with van der Waals surface area (Å²) in [5.74, 6) is 0. The van der Waals surface area contributed by atoms with E-state index in [1.165, 1.54) is 0 Å². The minimum atomic E-state index is -1.13. The maximum absolute atomic E-state index is 3.00. The monoisotopic (exact) mass is 492 g/mol. The van der Waals surface area contributed by atoms with Crippen LogP contribution in [0.2, 0.25) is 105 Å². The molecule has 0 nitrogen and oxygen atoms in total. The normalized spacial score (nSPS) is 25.6. The van der Waals surface area contributed by atoms with E-state index in [0.717, 1.165) is 0 Å². The molecule has 1 heterocycles. The van der Waals surface area contributed by atoms with Crippen LogP contribution in [-0.2, 0) is 0 Å². The molecule has 147 valence electrons. The van der Waals surface area contributed by atoms with Crippen molar-refractivity contribution in [3.8, 4) is 0 Å². The molecule has 0 aromatic carbocycles. The summed E-state index contributed by atoms with van der Waals surface area (Å²) in [5, 5.41) is 0. The van der Waals surface area contributed by atoms with E-state index in [4.69, 9.17) is 0 Å². The van der Waals surface area contributed by atoms with Gasteiger partial charge in [0.1, 0.15) is 0 Å². The quantitative estimate of drug-likeness (QED) is 0.427. The Bertz CT molecular complexity index is 448. The van der Waals surface area contributed by atoms with Crippen molar-refractivity contribution in [1.29, 1.82) is 0 Å². The molecule has 0 unspecified atom stereocenters. The van der Waals surface area contributed by atoms with Crippen LogP contribution in [0.25, 0.3) is 0 Å². The first-order chi connectivity index (χ1) is 10.5. The Morgan fingerprint density at radius 2 is 0.560 bits per heavy atom.